The number of hydrogen-bond donors (Lipinski definition) is 1. The SMILES string of the molecule is CCNC(=NCC1(N2CCCCC2)CCN(C)CC1)N1CCS(=O)(=O)C(C)(C)C1. The molecule has 0 bridgehead atoms. The average molecular weight is 428 g/mol. The molecular formula is C21H41N5O2S. The number of piperidine rings is 2. The van der Waals surface area contributed by atoms with Gasteiger partial charge in [0.15, 0.2) is 15.8 Å². The van der Waals surface area contributed by atoms with Crippen LogP contribution in [0.1, 0.15) is 52.9 Å². The van der Waals surface area contributed by atoms with E-state index in [1.54, 1.807) is 0 Å². The van der Waals surface area contributed by atoms with Gasteiger partial charge in [0, 0.05) is 25.2 Å². The van der Waals surface area contributed by atoms with Crippen molar-refractivity contribution in [2.45, 2.75) is 63.2 Å². The van der Waals surface area contributed by atoms with Crippen molar-refractivity contribution in [1.29, 1.82) is 0 Å². The first-order chi connectivity index (χ1) is 13.7. The predicted molar refractivity (Wildman–Crippen MR) is 120 cm³/mol. The minimum atomic E-state index is -3.05. The van der Waals surface area contributed by atoms with Crippen molar-refractivity contribution in [3.05, 3.63) is 0 Å². The molecule has 7 nitrogen and oxygen atoms in total. The molecule has 0 amide bonds. The van der Waals surface area contributed by atoms with Crippen LogP contribution in [0.4, 0.5) is 0 Å². The van der Waals surface area contributed by atoms with Crippen LogP contribution < -0.4 is 5.32 Å². The maximum absolute atomic E-state index is 12.4. The lowest BCUT2D eigenvalue weighted by Gasteiger charge is -2.49. The Morgan fingerprint density at radius 2 is 1.69 bits per heavy atom. The fourth-order valence-corrected chi connectivity index (χ4v) is 6.32. The minimum absolute atomic E-state index is 0.144. The van der Waals surface area contributed by atoms with Crippen LogP contribution in [-0.4, -0.2) is 105 Å². The maximum Gasteiger partial charge on any atom is 0.194 e. The topological polar surface area (TPSA) is 68.2 Å². The average Bonchev–Trinajstić information content (AvgIpc) is 2.70. The molecule has 0 radical (unpaired) electrons. The molecule has 0 spiro atoms. The lowest BCUT2D eigenvalue weighted by molar-refractivity contribution is 0.0206. The first kappa shape index (κ1) is 22.8. The van der Waals surface area contributed by atoms with Crippen molar-refractivity contribution in [1.82, 2.24) is 20.0 Å². The molecule has 168 valence electrons. The largest absolute Gasteiger partial charge is 0.357 e. The number of guanidine groups is 1. The molecule has 0 aliphatic carbocycles. The molecule has 3 saturated heterocycles. The van der Waals surface area contributed by atoms with Gasteiger partial charge in [-0.25, -0.2) is 8.42 Å². The highest BCUT2D eigenvalue weighted by atomic mass is 32.2. The summed E-state index contributed by atoms with van der Waals surface area (Å²) in [7, 11) is -0.839. The molecule has 0 aromatic rings. The summed E-state index contributed by atoms with van der Waals surface area (Å²) in [5.41, 5.74) is 0.144. The summed E-state index contributed by atoms with van der Waals surface area (Å²) < 4.78 is 24.1. The van der Waals surface area contributed by atoms with Gasteiger partial charge < -0.3 is 15.1 Å². The summed E-state index contributed by atoms with van der Waals surface area (Å²) in [4.78, 5) is 12.4. The third-order valence-electron chi connectivity index (χ3n) is 7.15. The summed E-state index contributed by atoms with van der Waals surface area (Å²) in [6.07, 6.45) is 6.24. The molecule has 0 unspecified atom stereocenters. The number of hydrogen-bond acceptors (Lipinski definition) is 5. The molecule has 3 heterocycles. The molecule has 3 fully saturated rings. The van der Waals surface area contributed by atoms with Gasteiger partial charge in [-0.3, -0.25) is 9.89 Å². The van der Waals surface area contributed by atoms with E-state index in [1.165, 1.54) is 32.4 Å². The van der Waals surface area contributed by atoms with Crippen molar-refractivity contribution in [2.75, 3.05) is 65.2 Å². The van der Waals surface area contributed by atoms with Gasteiger partial charge in [0.1, 0.15) is 0 Å². The van der Waals surface area contributed by atoms with E-state index in [2.05, 4.69) is 34.0 Å². The highest BCUT2D eigenvalue weighted by Crippen LogP contribution is 2.32. The molecular weight excluding hydrogens is 386 g/mol. The van der Waals surface area contributed by atoms with E-state index < -0.39 is 14.6 Å². The molecule has 3 rings (SSSR count). The maximum atomic E-state index is 12.4. The molecule has 0 aromatic heterocycles. The van der Waals surface area contributed by atoms with Gasteiger partial charge in [-0.1, -0.05) is 6.42 Å². The normalized spacial score (nSPS) is 28.3. The lowest BCUT2D eigenvalue weighted by atomic mass is 9.84. The molecule has 1 N–H and O–H groups in total. The van der Waals surface area contributed by atoms with Gasteiger partial charge in [0.05, 0.1) is 17.0 Å². The summed E-state index contributed by atoms with van der Waals surface area (Å²) in [6, 6.07) is 0. The summed E-state index contributed by atoms with van der Waals surface area (Å²) >= 11 is 0. The number of nitrogens with one attached hydrogen (secondary N) is 1. The van der Waals surface area contributed by atoms with Crippen LogP contribution in [0.15, 0.2) is 4.99 Å². The molecule has 0 atom stereocenters. The Kier molecular flexibility index (Phi) is 7.16. The highest BCUT2D eigenvalue weighted by molar-refractivity contribution is 7.92. The van der Waals surface area contributed by atoms with Gasteiger partial charge in [0.2, 0.25) is 0 Å². The zero-order valence-corrected chi connectivity index (χ0v) is 19.7. The minimum Gasteiger partial charge on any atom is -0.357 e. The predicted octanol–water partition coefficient (Wildman–Crippen LogP) is 1.41. The Balaban J connectivity index is 1.79. The number of sulfone groups is 1. The Morgan fingerprint density at radius 1 is 1.03 bits per heavy atom. The van der Waals surface area contributed by atoms with E-state index in [4.69, 9.17) is 4.99 Å². The summed E-state index contributed by atoms with van der Waals surface area (Å²) in [5.74, 6) is 1.08. The molecule has 3 aliphatic rings. The van der Waals surface area contributed by atoms with Gasteiger partial charge in [-0.2, -0.15) is 0 Å². The number of aliphatic imine (C=N–C) groups is 1. The zero-order chi connectivity index (χ0) is 21.1. The third-order valence-corrected chi connectivity index (χ3v) is 9.68. The molecule has 3 aliphatic heterocycles. The van der Waals surface area contributed by atoms with Crippen molar-refractivity contribution >= 4 is 15.8 Å². The summed E-state index contributed by atoms with van der Waals surface area (Å²) in [6.45, 7) is 13.0. The molecule has 8 heteroatoms. The van der Waals surface area contributed by atoms with E-state index >= 15 is 0 Å². The van der Waals surface area contributed by atoms with E-state index in [0.717, 1.165) is 45.0 Å². The molecule has 29 heavy (non-hydrogen) atoms. The van der Waals surface area contributed by atoms with Crippen LogP contribution >= 0.6 is 0 Å². The fraction of sp³-hybridized carbons (Fsp3) is 0.952. The van der Waals surface area contributed by atoms with Gasteiger partial charge in [-0.15, -0.1) is 0 Å². The second kappa shape index (κ2) is 9.10. The lowest BCUT2D eigenvalue weighted by Crippen LogP contribution is -2.59. The second-order valence-electron chi connectivity index (χ2n) is 9.75. The number of likely N-dealkylation sites (tertiary alicyclic amines) is 2. The quantitative estimate of drug-likeness (QED) is 0.541. The first-order valence-electron chi connectivity index (χ1n) is 11.4. The van der Waals surface area contributed by atoms with E-state index in [9.17, 15) is 8.42 Å². The Bertz CT molecular complexity index is 677. The molecule has 0 aromatic carbocycles. The van der Waals surface area contributed by atoms with Crippen molar-refractivity contribution < 1.29 is 8.42 Å². The van der Waals surface area contributed by atoms with Crippen LogP contribution in [0.2, 0.25) is 0 Å². The van der Waals surface area contributed by atoms with E-state index in [0.29, 0.717) is 13.1 Å². The van der Waals surface area contributed by atoms with Gasteiger partial charge >= 0.3 is 0 Å². The van der Waals surface area contributed by atoms with Crippen LogP contribution in [0.5, 0.6) is 0 Å². The highest BCUT2D eigenvalue weighted by Gasteiger charge is 2.42. The van der Waals surface area contributed by atoms with Crippen molar-refractivity contribution in [3.63, 3.8) is 0 Å². The smallest absolute Gasteiger partial charge is 0.194 e. The standard InChI is InChI=1S/C21H41N5O2S/c1-5-22-19(25-15-16-29(27,28)20(2,3)18-25)23-17-21(9-13-24(4)14-10-21)26-11-7-6-8-12-26/h5-18H2,1-4H3,(H,22,23). The fourth-order valence-electron chi connectivity index (χ4n) is 4.95. The zero-order valence-electron chi connectivity index (χ0n) is 18.9. The van der Waals surface area contributed by atoms with Crippen LogP contribution in [-0.2, 0) is 9.84 Å². The Morgan fingerprint density at radius 3 is 2.28 bits per heavy atom. The molecule has 0 saturated carbocycles. The van der Waals surface area contributed by atoms with Gasteiger partial charge in [0.25, 0.3) is 0 Å². The van der Waals surface area contributed by atoms with Crippen molar-refractivity contribution in [3.8, 4) is 0 Å². The Hall–Kier alpha value is -0.860. The number of nitrogens with zero attached hydrogens (tertiary/aromatic N) is 4. The monoisotopic (exact) mass is 427 g/mol. The van der Waals surface area contributed by atoms with Crippen molar-refractivity contribution in [2.24, 2.45) is 4.99 Å². The first-order valence-corrected chi connectivity index (χ1v) is 13.0. The van der Waals surface area contributed by atoms with Gasteiger partial charge in [-0.05, 0) is 79.7 Å². The van der Waals surface area contributed by atoms with Crippen LogP contribution in [0.25, 0.3) is 0 Å². The number of rotatable bonds is 4. The van der Waals surface area contributed by atoms with Crippen LogP contribution in [0, 0.1) is 0 Å². The van der Waals surface area contributed by atoms with E-state index in [-0.39, 0.29) is 11.3 Å². The second-order valence-corrected chi connectivity index (χ2v) is 12.5. The van der Waals surface area contributed by atoms with Crippen LogP contribution in [0.3, 0.4) is 0 Å². The Labute approximate surface area is 177 Å². The summed E-state index contributed by atoms with van der Waals surface area (Å²) in [5, 5.41) is 3.44. The van der Waals surface area contributed by atoms with E-state index in [1.807, 2.05) is 13.8 Å². The third kappa shape index (κ3) is 5.07.